The third-order valence-corrected chi connectivity index (χ3v) is 2.88. The Bertz CT molecular complexity index is 597. The standard InChI is InChI=1S/C16H19N3O2/c1-12-5-3-6-14(9-12)21-8-4-7-17-16(20)15-11-18-13(2)10-19-15/h3,5-6,9-11H,4,7-8H2,1-2H3,(H,17,20). The van der Waals surface area contributed by atoms with E-state index in [0.717, 1.165) is 17.9 Å². The van der Waals surface area contributed by atoms with E-state index in [4.69, 9.17) is 4.74 Å². The zero-order chi connectivity index (χ0) is 15.1. The molecule has 0 bridgehead atoms. The second kappa shape index (κ2) is 7.38. The predicted molar refractivity (Wildman–Crippen MR) is 80.4 cm³/mol. The number of carbonyl (C=O) groups is 1. The van der Waals surface area contributed by atoms with Crippen LogP contribution in [0.3, 0.4) is 0 Å². The van der Waals surface area contributed by atoms with E-state index >= 15 is 0 Å². The second-order valence-corrected chi connectivity index (χ2v) is 4.82. The van der Waals surface area contributed by atoms with Crippen LogP contribution < -0.4 is 10.1 Å². The minimum atomic E-state index is -0.210. The quantitative estimate of drug-likeness (QED) is 0.827. The molecule has 2 aromatic rings. The average Bonchev–Trinajstić information content (AvgIpc) is 2.47. The first-order valence-electron chi connectivity index (χ1n) is 6.91. The van der Waals surface area contributed by atoms with Gasteiger partial charge in [-0.1, -0.05) is 12.1 Å². The van der Waals surface area contributed by atoms with Gasteiger partial charge in [0.15, 0.2) is 0 Å². The SMILES string of the molecule is Cc1cccc(OCCCNC(=O)c2cnc(C)cn2)c1. The van der Waals surface area contributed by atoms with Gasteiger partial charge in [-0.2, -0.15) is 0 Å². The fourth-order valence-electron chi connectivity index (χ4n) is 1.77. The third kappa shape index (κ3) is 4.87. The highest BCUT2D eigenvalue weighted by molar-refractivity contribution is 5.91. The molecule has 0 unspecified atom stereocenters. The Hall–Kier alpha value is -2.43. The summed E-state index contributed by atoms with van der Waals surface area (Å²) in [6.07, 6.45) is 3.79. The Kier molecular flexibility index (Phi) is 5.26. The molecule has 0 aliphatic rings. The number of hydrogen-bond acceptors (Lipinski definition) is 4. The van der Waals surface area contributed by atoms with Gasteiger partial charge in [0.2, 0.25) is 0 Å². The van der Waals surface area contributed by atoms with E-state index in [1.165, 1.54) is 11.8 Å². The van der Waals surface area contributed by atoms with E-state index in [1.807, 2.05) is 38.1 Å². The van der Waals surface area contributed by atoms with Crippen molar-refractivity contribution in [3.05, 3.63) is 53.6 Å². The van der Waals surface area contributed by atoms with Crippen molar-refractivity contribution < 1.29 is 9.53 Å². The lowest BCUT2D eigenvalue weighted by atomic mass is 10.2. The Morgan fingerprint density at radius 1 is 1.24 bits per heavy atom. The summed E-state index contributed by atoms with van der Waals surface area (Å²) in [6.45, 7) is 4.95. The van der Waals surface area contributed by atoms with Crippen molar-refractivity contribution in [2.75, 3.05) is 13.2 Å². The maximum absolute atomic E-state index is 11.8. The van der Waals surface area contributed by atoms with Gasteiger partial charge in [0.25, 0.3) is 5.91 Å². The maximum Gasteiger partial charge on any atom is 0.271 e. The van der Waals surface area contributed by atoms with Crippen molar-refractivity contribution in [3.63, 3.8) is 0 Å². The monoisotopic (exact) mass is 285 g/mol. The molecule has 2 rings (SSSR count). The van der Waals surface area contributed by atoms with E-state index in [1.54, 1.807) is 6.20 Å². The highest BCUT2D eigenvalue weighted by Gasteiger charge is 2.06. The number of hydrogen-bond donors (Lipinski definition) is 1. The molecule has 0 saturated heterocycles. The molecule has 110 valence electrons. The number of aryl methyl sites for hydroxylation is 2. The number of rotatable bonds is 6. The van der Waals surface area contributed by atoms with Crippen LogP contribution in [0.4, 0.5) is 0 Å². The van der Waals surface area contributed by atoms with E-state index in [2.05, 4.69) is 15.3 Å². The summed E-state index contributed by atoms with van der Waals surface area (Å²) in [5.74, 6) is 0.642. The van der Waals surface area contributed by atoms with Crippen LogP contribution in [0.1, 0.15) is 28.2 Å². The average molecular weight is 285 g/mol. The van der Waals surface area contributed by atoms with Gasteiger partial charge in [-0.3, -0.25) is 9.78 Å². The summed E-state index contributed by atoms with van der Waals surface area (Å²) >= 11 is 0. The number of carbonyl (C=O) groups excluding carboxylic acids is 1. The molecule has 1 aromatic carbocycles. The van der Waals surface area contributed by atoms with Crippen LogP contribution in [0.5, 0.6) is 5.75 Å². The largest absolute Gasteiger partial charge is 0.494 e. The molecular formula is C16H19N3O2. The molecule has 0 aliphatic heterocycles. The van der Waals surface area contributed by atoms with Crippen molar-refractivity contribution in [1.29, 1.82) is 0 Å². The van der Waals surface area contributed by atoms with Gasteiger partial charge in [0.05, 0.1) is 18.5 Å². The number of benzene rings is 1. The molecule has 1 amide bonds. The summed E-state index contributed by atoms with van der Waals surface area (Å²) < 4.78 is 5.61. The molecule has 0 aliphatic carbocycles. The molecule has 5 heteroatoms. The molecule has 5 nitrogen and oxygen atoms in total. The smallest absolute Gasteiger partial charge is 0.271 e. The van der Waals surface area contributed by atoms with Crippen LogP contribution in [0.25, 0.3) is 0 Å². The lowest BCUT2D eigenvalue weighted by molar-refractivity contribution is 0.0946. The van der Waals surface area contributed by atoms with Gasteiger partial charge in [-0.25, -0.2) is 4.98 Å². The Labute approximate surface area is 124 Å². The van der Waals surface area contributed by atoms with E-state index < -0.39 is 0 Å². The summed E-state index contributed by atoms with van der Waals surface area (Å²) in [6, 6.07) is 7.89. The second-order valence-electron chi connectivity index (χ2n) is 4.82. The van der Waals surface area contributed by atoms with Gasteiger partial charge < -0.3 is 10.1 Å². The van der Waals surface area contributed by atoms with Gasteiger partial charge >= 0.3 is 0 Å². The molecule has 0 atom stereocenters. The number of nitrogens with zero attached hydrogens (tertiary/aromatic N) is 2. The van der Waals surface area contributed by atoms with Gasteiger partial charge in [0, 0.05) is 12.7 Å². The fraction of sp³-hybridized carbons (Fsp3) is 0.312. The van der Waals surface area contributed by atoms with Crippen LogP contribution in [0.15, 0.2) is 36.7 Å². The van der Waals surface area contributed by atoms with Gasteiger partial charge in [-0.05, 0) is 38.0 Å². The van der Waals surface area contributed by atoms with Gasteiger partial charge in [0.1, 0.15) is 11.4 Å². The zero-order valence-corrected chi connectivity index (χ0v) is 12.3. The van der Waals surface area contributed by atoms with E-state index in [0.29, 0.717) is 18.8 Å². The molecule has 0 saturated carbocycles. The minimum Gasteiger partial charge on any atom is -0.494 e. The fourth-order valence-corrected chi connectivity index (χ4v) is 1.77. The van der Waals surface area contributed by atoms with Crippen LogP contribution >= 0.6 is 0 Å². The predicted octanol–water partition coefficient (Wildman–Crippen LogP) is 2.29. The Morgan fingerprint density at radius 3 is 2.81 bits per heavy atom. The topological polar surface area (TPSA) is 64.1 Å². The molecule has 1 aromatic heterocycles. The highest BCUT2D eigenvalue weighted by atomic mass is 16.5. The first kappa shape index (κ1) is 15.0. The lowest BCUT2D eigenvalue weighted by Gasteiger charge is -2.07. The van der Waals surface area contributed by atoms with Crippen LogP contribution in [-0.4, -0.2) is 29.0 Å². The number of ether oxygens (including phenoxy) is 1. The number of nitrogens with one attached hydrogen (secondary N) is 1. The highest BCUT2D eigenvalue weighted by Crippen LogP contribution is 2.12. The van der Waals surface area contributed by atoms with Crippen molar-refractivity contribution in [2.24, 2.45) is 0 Å². The maximum atomic E-state index is 11.8. The zero-order valence-electron chi connectivity index (χ0n) is 12.3. The Balaban J connectivity index is 1.68. The number of aromatic nitrogens is 2. The molecule has 1 N–H and O–H groups in total. The molecule has 0 radical (unpaired) electrons. The summed E-state index contributed by atoms with van der Waals surface area (Å²) in [5, 5.41) is 2.79. The molecular weight excluding hydrogens is 266 g/mol. The first-order chi connectivity index (χ1) is 10.1. The van der Waals surface area contributed by atoms with Crippen molar-refractivity contribution in [3.8, 4) is 5.75 Å². The van der Waals surface area contributed by atoms with Crippen molar-refractivity contribution >= 4 is 5.91 Å². The summed E-state index contributed by atoms with van der Waals surface area (Å²) in [4.78, 5) is 19.9. The van der Waals surface area contributed by atoms with Gasteiger partial charge in [-0.15, -0.1) is 0 Å². The summed E-state index contributed by atoms with van der Waals surface area (Å²) in [5.41, 5.74) is 2.29. The molecule has 1 heterocycles. The van der Waals surface area contributed by atoms with E-state index in [-0.39, 0.29) is 5.91 Å². The normalized spacial score (nSPS) is 10.2. The van der Waals surface area contributed by atoms with E-state index in [9.17, 15) is 4.79 Å². The third-order valence-electron chi connectivity index (χ3n) is 2.88. The molecule has 0 fully saturated rings. The minimum absolute atomic E-state index is 0.210. The lowest BCUT2D eigenvalue weighted by Crippen LogP contribution is -2.26. The molecule has 21 heavy (non-hydrogen) atoms. The summed E-state index contributed by atoms with van der Waals surface area (Å²) in [7, 11) is 0. The van der Waals surface area contributed by atoms with Crippen molar-refractivity contribution in [2.45, 2.75) is 20.3 Å². The van der Waals surface area contributed by atoms with Crippen LogP contribution in [0, 0.1) is 13.8 Å². The van der Waals surface area contributed by atoms with Crippen molar-refractivity contribution in [1.82, 2.24) is 15.3 Å². The Morgan fingerprint density at radius 2 is 2.10 bits per heavy atom. The first-order valence-corrected chi connectivity index (χ1v) is 6.91. The molecule has 0 spiro atoms. The van der Waals surface area contributed by atoms with Crippen LogP contribution in [0.2, 0.25) is 0 Å². The van der Waals surface area contributed by atoms with Crippen LogP contribution in [-0.2, 0) is 0 Å². The number of amides is 1.